The highest BCUT2D eigenvalue weighted by Crippen LogP contribution is 2.33. The number of carbonyl (C=O) groups is 1. The van der Waals surface area contributed by atoms with Crippen LogP contribution in [-0.4, -0.2) is 31.0 Å². The lowest BCUT2D eigenvalue weighted by Crippen LogP contribution is -2.31. The maximum absolute atomic E-state index is 13.8. The van der Waals surface area contributed by atoms with Gasteiger partial charge in [-0.3, -0.25) is 14.2 Å². The first kappa shape index (κ1) is 22.3. The van der Waals surface area contributed by atoms with Gasteiger partial charge in [-0.1, -0.05) is 23.9 Å². The molecule has 0 spiro atoms. The van der Waals surface area contributed by atoms with Crippen molar-refractivity contribution in [3.8, 4) is 5.69 Å². The van der Waals surface area contributed by atoms with Crippen molar-refractivity contribution in [2.45, 2.75) is 38.0 Å². The maximum atomic E-state index is 13.8. The van der Waals surface area contributed by atoms with Gasteiger partial charge in [0.15, 0.2) is 10.8 Å². The Morgan fingerprint density at radius 2 is 1.94 bits per heavy atom. The molecular weight excluding hydrogens is 460 g/mol. The molecule has 1 atom stereocenters. The van der Waals surface area contributed by atoms with Crippen LogP contribution in [0.5, 0.6) is 0 Å². The third-order valence-corrected chi connectivity index (χ3v) is 7.15. The molecule has 1 aliphatic rings. The summed E-state index contributed by atoms with van der Waals surface area (Å²) in [4.78, 5) is 30.5. The Kier molecular flexibility index (Phi) is 5.68. The molecule has 0 radical (unpaired) electrons. The van der Waals surface area contributed by atoms with Gasteiger partial charge in [0.1, 0.15) is 17.0 Å². The molecule has 3 heterocycles. The highest BCUT2D eigenvalue weighted by atomic mass is 32.2. The van der Waals surface area contributed by atoms with E-state index in [1.54, 1.807) is 4.68 Å². The summed E-state index contributed by atoms with van der Waals surface area (Å²) in [5, 5.41) is 7.81. The first-order valence-electron chi connectivity index (χ1n) is 10.7. The van der Waals surface area contributed by atoms with E-state index in [4.69, 9.17) is 0 Å². The van der Waals surface area contributed by atoms with Crippen LogP contribution in [0.3, 0.4) is 0 Å². The van der Waals surface area contributed by atoms with Crippen LogP contribution in [0, 0.1) is 25.5 Å². The standard InChI is InChI=1S/C24H21F2N5O2S/c1-13-6-7-15(8-14(13)2)31-22-18(11-28-31)23(33)30-16(12-34-24(30)29-22)9-21(32)27-10-17-19(25)4-3-5-20(17)26/h3-8,11,16H,9-10,12H2,1-2H3,(H,27,32). The van der Waals surface area contributed by atoms with E-state index in [0.717, 1.165) is 28.9 Å². The van der Waals surface area contributed by atoms with E-state index in [0.29, 0.717) is 21.9 Å². The SMILES string of the molecule is Cc1ccc(-n2ncc3c(=O)n4c(nc32)SCC4CC(=O)NCc2c(F)cccc2F)cc1C. The molecule has 5 rings (SSSR count). The maximum Gasteiger partial charge on any atom is 0.265 e. The topological polar surface area (TPSA) is 81.8 Å². The van der Waals surface area contributed by atoms with Crippen LogP contribution in [-0.2, 0) is 11.3 Å². The molecule has 4 aromatic rings. The molecule has 0 saturated carbocycles. The molecule has 174 valence electrons. The molecular formula is C24H21F2N5O2S. The molecule has 34 heavy (non-hydrogen) atoms. The van der Waals surface area contributed by atoms with Gasteiger partial charge in [-0.25, -0.2) is 18.4 Å². The number of thioether (sulfide) groups is 1. The highest BCUT2D eigenvalue weighted by Gasteiger charge is 2.29. The van der Waals surface area contributed by atoms with E-state index < -0.39 is 23.6 Å². The van der Waals surface area contributed by atoms with Crippen LogP contribution in [0.4, 0.5) is 8.78 Å². The van der Waals surface area contributed by atoms with Crippen LogP contribution >= 0.6 is 11.8 Å². The third kappa shape index (κ3) is 3.87. The van der Waals surface area contributed by atoms with Gasteiger partial charge in [-0.2, -0.15) is 5.10 Å². The van der Waals surface area contributed by atoms with Crippen molar-refractivity contribution >= 4 is 28.7 Å². The number of hydrogen-bond acceptors (Lipinski definition) is 5. The lowest BCUT2D eigenvalue weighted by atomic mass is 10.1. The lowest BCUT2D eigenvalue weighted by molar-refractivity contribution is -0.121. The first-order chi connectivity index (χ1) is 16.3. The number of aryl methyl sites for hydroxylation is 2. The summed E-state index contributed by atoms with van der Waals surface area (Å²) < 4.78 is 30.8. The fraction of sp³-hybridized carbons (Fsp3) is 0.250. The Labute approximate surface area is 197 Å². The Morgan fingerprint density at radius 3 is 2.68 bits per heavy atom. The minimum Gasteiger partial charge on any atom is -0.352 e. The molecule has 2 aromatic carbocycles. The van der Waals surface area contributed by atoms with Crippen molar-refractivity contribution in [1.82, 2.24) is 24.6 Å². The van der Waals surface area contributed by atoms with Gasteiger partial charge in [0.05, 0.1) is 17.9 Å². The Bertz CT molecular complexity index is 1480. The molecule has 7 nitrogen and oxygen atoms in total. The van der Waals surface area contributed by atoms with E-state index in [2.05, 4.69) is 15.4 Å². The van der Waals surface area contributed by atoms with Gasteiger partial charge >= 0.3 is 0 Å². The number of nitrogens with zero attached hydrogens (tertiary/aromatic N) is 4. The Hall–Kier alpha value is -3.53. The Balaban J connectivity index is 1.39. The highest BCUT2D eigenvalue weighted by molar-refractivity contribution is 7.99. The number of carbonyl (C=O) groups excluding carboxylic acids is 1. The van der Waals surface area contributed by atoms with Crippen LogP contribution in [0.15, 0.2) is 52.5 Å². The summed E-state index contributed by atoms with van der Waals surface area (Å²) in [6.07, 6.45) is 1.49. The molecule has 10 heteroatoms. The quantitative estimate of drug-likeness (QED) is 0.438. The van der Waals surface area contributed by atoms with Crippen molar-refractivity contribution in [3.05, 3.63) is 81.3 Å². The van der Waals surface area contributed by atoms with E-state index in [1.165, 1.54) is 28.6 Å². The van der Waals surface area contributed by atoms with Gasteiger partial charge in [0.2, 0.25) is 5.91 Å². The predicted octanol–water partition coefficient (Wildman–Crippen LogP) is 3.83. The van der Waals surface area contributed by atoms with Crippen molar-refractivity contribution < 1.29 is 13.6 Å². The van der Waals surface area contributed by atoms with E-state index in [-0.39, 0.29) is 24.1 Å². The van der Waals surface area contributed by atoms with E-state index >= 15 is 0 Å². The number of rotatable bonds is 5. The number of aromatic nitrogens is 4. The fourth-order valence-corrected chi connectivity index (χ4v) is 5.13. The zero-order valence-electron chi connectivity index (χ0n) is 18.5. The zero-order chi connectivity index (χ0) is 24.0. The summed E-state index contributed by atoms with van der Waals surface area (Å²) >= 11 is 1.39. The largest absolute Gasteiger partial charge is 0.352 e. The molecule has 0 bridgehead atoms. The van der Waals surface area contributed by atoms with E-state index in [1.807, 2.05) is 32.0 Å². The fourth-order valence-electron chi connectivity index (χ4n) is 4.00. The van der Waals surface area contributed by atoms with Crippen LogP contribution < -0.4 is 10.9 Å². The summed E-state index contributed by atoms with van der Waals surface area (Å²) in [6.45, 7) is 3.77. The van der Waals surface area contributed by atoms with Crippen LogP contribution in [0.25, 0.3) is 16.7 Å². The van der Waals surface area contributed by atoms with Gasteiger partial charge in [0, 0.05) is 24.3 Å². The molecule has 1 N–H and O–H groups in total. The minimum atomic E-state index is -0.717. The molecule has 2 aromatic heterocycles. The molecule has 1 amide bonds. The molecule has 1 unspecified atom stereocenters. The molecule has 0 saturated heterocycles. The van der Waals surface area contributed by atoms with Gasteiger partial charge in [-0.15, -0.1) is 0 Å². The van der Waals surface area contributed by atoms with Crippen LogP contribution in [0.2, 0.25) is 0 Å². The van der Waals surface area contributed by atoms with Crippen molar-refractivity contribution in [2.24, 2.45) is 0 Å². The van der Waals surface area contributed by atoms with E-state index in [9.17, 15) is 18.4 Å². The number of nitrogens with one attached hydrogen (secondary N) is 1. The van der Waals surface area contributed by atoms with Crippen LogP contribution in [0.1, 0.15) is 29.2 Å². The smallest absolute Gasteiger partial charge is 0.265 e. The first-order valence-corrected chi connectivity index (χ1v) is 11.7. The Morgan fingerprint density at radius 1 is 1.18 bits per heavy atom. The normalized spacial score (nSPS) is 15.0. The lowest BCUT2D eigenvalue weighted by Gasteiger charge is -2.14. The summed E-state index contributed by atoms with van der Waals surface area (Å²) in [6, 6.07) is 9.05. The second-order valence-electron chi connectivity index (χ2n) is 8.28. The summed E-state index contributed by atoms with van der Waals surface area (Å²) in [7, 11) is 0. The minimum absolute atomic E-state index is 0.00550. The summed E-state index contributed by atoms with van der Waals surface area (Å²) in [5.74, 6) is -1.34. The van der Waals surface area contributed by atoms with Gasteiger partial charge in [0.25, 0.3) is 5.56 Å². The van der Waals surface area contributed by atoms with Crippen molar-refractivity contribution in [1.29, 1.82) is 0 Å². The average Bonchev–Trinajstić information content (AvgIpc) is 3.40. The number of hydrogen-bond donors (Lipinski definition) is 1. The molecule has 1 aliphatic heterocycles. The second-order valence-corrected chi connectivity index (χ2v) is 9.26. The zero-order valence-corrected chi connectivity index (χ0v) is 19.3. The van der Waals surface area contributed by atoms with Gasteiger partial charge < -0.3 is 5.32 Å². The van der Waals surface area contributed by atoms with Crippen molar-refractivity contribution in [2.75, 3.05) is 5.75 Å². The third-order valence-electron chi connectivity index (χ3n) is 6.05. The van der Waals surface area contributed by atoms with Crippen molar-refractivity contribution in [3.63, 3.8) is 0 Å². The number of fused-ring (bicyclic) bond motifs is 2. The number of benzene rings is 2. The summed E-state index contributed by atoms with van der Waals surface area (Å²) in [5.41, 5.74) is 3.08. The number of halogens is 2. The monoisotopic (exact) mass is 481 g/mol. The molecule has 0 aliphatic carbocycles. The molecule has 0 fully saturated rings. The number of amides is 1. The second kappa shape index (κ2) is 8.68. The predicted molar refractivity (Wildman–Crippen MR) is 125 cm³/mol. The van der Waals surface area contributed by atoms with Gasteiger partial charge in [-0.05, 0) is 49.2 Å². The average molecular weight is 482 g/mol.